The summed E-state index contributed by atoms with van der Waals surface area (Å²) in [7, 11) is 5.54. The minimum atomic E-state index is -0.0580. The summed E-state index contributed by atoms with van der Waals surface area (Å²) in [5, 5.41) is 0. The molecule has 0 spiro atoms. The van der Waals surface area contributed by atoms with E-state index in [4.69, 9.17) is 5.73 Å². The highest BCUT2D eigenvalue weighted by Crippen LogP contribution is 2.13. The van der Waals surface area contributed by atoms with Crippen molar-refractivity contribution in [2.24, 2.45) is 0 Å². The van der Waals surface area contributed by atoms with Crippen molar-refractivity contribution >= 4 is 17.5 Å². The third-order valence-electron chi connectivity index (χ3n) is 3.06. The number of anilines is 2. The van der Waals surface area contributed by atoms with Crippen molar-refractivity contribution in [2.75, 3.05) is 31.8 Å². The lowest BCUT2D eigenvalue weighted by atomic mass is 10.2. The van der Waals surface area contributed by atoms with Gasteiger partial charge in [-0.1, -0.05) is 6.07 Å². The predicted molar refractivity (Wildman–Crippen MR) is 83.0 cm³/mol. The van der Waals surface area contributed by atoms with Gasteiger partial charge in [0.2, 0.25) is 0 Å². The number of rotatable bonds is 4. The summed E-state index contributed by atoms with van der Waals surface area (Å²) in [4.78, 5) is 24.2. The van der Waals surface area contributed by atoms with Crippen molar-refractivity contribution in [3.63, 3.8) is 0 Å². The Morgan fingerprint density at radius 1 is 1.19 bits per heavy atom. The molecular formula is C15H19N5O. The molecule has 0 bridgehead atoms. The van der Waals surface area contributed by atoms with Gasteiger partial charge in [0, 0.05) is 45.6 Å². The SMILES string of the molecule is CN(Cc1ccc(N)nc1)C(=O)c1ccnc(N(C)C)c1. The number of aromatic nitrogens is 2. The zero-order chi connectivity index (χ0) is 15.4. The molecule has 0 saturated carbocycles. The molecule has 1 amide bonds. The number of amides is 1. The number of nitrogens with zero attached hydrogens (tertiary/aromatic N) is 4. The zero-order valence-electron chi connectivity index (χ0n) is 12.4. The fourth-order valence-corrected chi connectivity index (χ4v) is 1.89. The van der Waals surface area contributed by atoms with Crippen molar-refractivity contribution in [2.45, 2.75) is 6.54 Å². The molecule has 0 aliphatic heterocycles. The normalized spacial score (nSPS) is 10.2. The van der Waals surface area contributed by atoms with Gasteiger partial charge in [-0.05, 0) is 23.8 Å². The van der Waals surface area contributed by atoms with Crippen LogP contribution < -0.4 is 10.6 Å². The summed E-state index contributed by atoms with van der Waals surface area (Å²) < 4.78 is 0. The highest BCUT2D eigenvalue weighted by atomic mass is 16.2. The quantitative estimate of drug-likeness (QED) is 0.919. The Morgan fingerprint density at radius 2 is 1.95 bits per heavy atom. The largest absolute Gasteiger partial charge is 0.384 e. The van der Waals surface area contributed by atoms with E-state index >= 15 is 0 Å². The monoisotopic (exact) mass is 285 g/mol. The van der Waals surface area contributed by atoms with Crippen LogP contribution in [0.4, 0.5) is 11.6 Å². The van der Waals surface area contributed by atoms with Gasteiger partial charge in [-0.25, -0.2) is 9.97 Å². The average Bonchev–Trinajstić information content (AvgIpc) is 2.49. The summed E-state index contributed by atoms with van der Waals surface area (Å²) in [6.45, 7) is 0.478. The topological polar surface area (TPSA) is 75.3 Å². The maximum atomic E-state index is 12.4. The van der Waals surface area contributed by atoms with E-state index in [1.165, 1.54) is 0 Å². The molecule has 2 rings (SSSR count). The fraction of sp³-hybridized carbons (Fsp3) is 0.267. The van der Waals surface area contributed by atoms with E-state index < -0.39 is 0 Å². The van der Waals surface area contributed by atoms with Gasteiger partial charge >= 0.3 is 0 Å². The zero-order valence-corrected chi connectivity index (χ0v) is 12.4. The highest BCUT2D eigenvalue weighted by molar-refractivity contribution is 5.94. The van der Waals surface area contributed by atoms with Crippen LogP contribution in [0.1, 0.15) is 15.9 Å². The Labute approximate surface area is 124 Å². The van der Waals surface area contributed by atoms with Crippen molar-refractivity contribution in [3.05, 3.63) is 47.8 Å². The smallest absolute Gasteiger partial charge is 0.254 e. The first kappa shape index (κ1) is 14.8. The number of nitrogen functional groups attached to an aromatic ring is 1. The Bertz CT molecular complexity index is 624. The number of carbonyl (C=O) groups is 1. The molecule has 0 aliphatic carbocycles. The molecule has 2 aromatic rings. The van der Waals surface area contributed by atoms with Gasteiger partial charge in [-0.2, -0.15) is 0 Å². The Hall–Kier alpha value is -2.63. The molecule has 0 radical (unpaired) electrons. The molecule has 0 aliphatic rings. The molecule has 21 heavy (non-hydrogen) atoms. The molecule has 6 heteroatoms. The van der Waals surface area contributed by atoms with Crippen molar-refractivity contribution in [1.29, 1.82) is 0 Å². The highest BCUT2D eigenvalue weighted by Gasteiger charge is 2.13. The Balaban J connectivity index is 2.11. The van der Waals surface area contributed by atoms with E-state index in [-0.39, 0.29) is 5.91 Å². The first-order valence-corrected chi connectivity index (χ1v) is 6.56. The van der Waals surface area contributed by atoms with Gasteiger partial charge < -0.3 is 15.5 Å². The van der Waals surface area contributed by atoms with Gasteiger partial charge in [0.05, 0.1) is 0 Å². The average molecular weight is 285 g/mol. The van der Waals surface area contributed by atoms with Crippen LogP contribution in [0.3, 0.4) is 0 Å². The lowest BCUT2D eigenvalue weighted by Gasteiger charge is -2.18. The van der Waals surface area contributed by atoms with Gasteiger partial charge in [0.25, 0.3) is 5.91 Å². The standard InChI is InChI=1S/C15H19N5O/c1-19(2)14-8-12(6-7-17-14)15(21)20(3)10-11-4-5-13(16)18-9-11/h4-9H,10H2,1-3H3,(H2,16,18). The van der Waals surface area contributed by atoms with Crippen LogP contribution in [-0.4, -0.2) is 41.9 Å². The molecule has 0 aromatic carbocycles. The lowest BCUT2D eigenvalue weighted by Crippen LogP contribution is -2.26. The van der Waals surface area contributed by atoms with Crippen LogP contribution >= 0.6 is 0 Å². The number of hydrogen-bond donors (Lipinski definition) is 1. The summed E-state index contributed by atoms with van der Waals surface area (Å²) in [5.74, 6) is 1.17. The van der Waals surface area contributed by atoms with Crippen LogP contribution in [0.2, 0.25) is 0 Å². The van der Waals surface area contributed by atoms with E-state index in [9.17, 15) is 4.79 Å². The molecular weight excluding hydrogens is 266 g/mol. The van der Waals surface area contributed by atoms with Gasteiger partial charge in [-0.3, -0.25) is 4.79 Å². The van der Waals surface area contributed by atoms with Crippen LogP contribution in [-0.2, 0) is 6.54 Å². The van der Waals surface area contributed by atoms with E-state index in [1.54, 1.807) is 42.5 Å². The molecule has 2 N–H and O–H groups in total. The molecule has 0 unspecified atom stereocenters. The summed E-state index contributed by atoms with van der Waals surface area (Å²) in [6.07, 6.45) is 3.32. The third kappa shape index (κ3) is 3.68. The van der Waals surface area contributed by atoms with Crippen molar-refractivity contribution < 1.29 is 4.79 Å². The second kappa shape index (κ2) is 6.21. The molecule has 0 fully saturated rings. The third-order valence-corrected chi connectivity index (χ3v) is 3.06. The predicted octanol–water partition coefficient (Wildman–Crippen LogP) is 1.40. The lowest BCUT2D eigenvalue weighted by molar-refractivity contribution is 0.0785. The van der Waals surface area contributed by atoms with Gasteiger partial charge in [0.1, 0.15) is 11.6 Å². The Morgan fingerprint density at radius 3 is 2.57 bits per heavy atom. The summed E-state index contributed by atoms with van der Waals surface area (Å²) in [5.41, 5.74) is 7.09. The molecule has 2 heterocycles. The minimum Gasteiger partial charge on any atom is -0.384 e. The second-order valence-corrected chi connectivity index (χ2v) is 5.05. The number of hydrogen-bond acceptors (Lipinski definition) is 5. The Kier molecular flexibility index (Phi) is 4.37. The first-order chi connectivity index (χ1) is 9.97. The fourth-order valence-electron chi connectivity index (χ4n) is 1.89. The maximum Gasteiger partial charge on any atom is 0.254 e. The van der Waals surface area contributed by atoms with Crippen LogP contribution in [0.5, 0.6) is 0 Å². The molecule has 6 nitrogen and oxygen atoms in total. The van der Waals surface area contributed by atoms with E-state index in [1.807, 2.05) is 25.1 Å². The minimum absolute atomic E-state index is 0.0580. The summed E-state index contributed by atoms with van der Waals surface area (Å²) >= 11 is 0. The number of pyridine rings is 2. The van der Waals surface area contributed by atoms with Gasteiger partial charge in [0.15, 0.2) is 0 Å². The van der Waals surface area contributed by atoms with Crippen molar-refractivity contribution in [1.82, 2.24) is 14.9 Å². The molecule has 0 atom stereocenters. The summed E-state index contributed by atoms with van der Waals surface area (Å²) in [6, 6.07) is 7.08. The number of carbonyl (C=O) groups excluding carboxylic acids is 1. The molecule has 0 saturated heterocycles. The second-order valence-electron chi connectivity index (χ2n) is 5.05. The van der Waals surface area contributed by atoms with Crippen LogP contribution in [0.15, 0.2) is 36.7 Å². The molecule has 2 aromatic heterocycles. The van der Waals surface area contributed by atoms with E-state index in [0.717, 1.165) is 11.4 Å². The first-order valence-electron chi connectivity index (χ1n) is 6.56. The van der Waals surface area contributed by atoms with Crippen LogP contribution in [0.25, 0.3) is 0 Å². The van der Waals surface area contributed by atoms with E-state index in [2.05, 4.69) is 9.97 Å². The maximum absolute atomic E-state index is 12.4. The molecule has 110 valence electrons. The van der Waals surface area contributed by atoms with Gasteiger partial charge in [-0.15, -0.1) is 0 Å². The van der Waals surface area contributed by atoms with E-state index in [0.29, 0.717) is 17.9 Å². The van der Waals surface area contributed by atoms with Crippen LogP contribution in [0, 0.1) is 0 Å². The number of nitrogens with two attached hydrogens (primary N) is 1. The van der Waals surface area contributed by atoms with Crippen molar-refractivity contribution in [3.8, 4) is 0 Å².